The highest BCUT2D eigenvalue weighted by atomic mass is 32.2. The maximum absolute atomic E-state index is 14.5. The molecule has 2 aliphatic heterocycles. The molecule has 87 heavy (non-hydrogen) atoms. The monoisotopic (exact) mass is 1280 g/mol. The minimum absolute atomic E-state index is 0.0346. The van der Waals surface area contributed by atoms with E-state index in [1.807, 2.05) is 65.7 Å². The maximum atomic E-state index is 14.5. The van der Waals surface area contributed by atoms with E-state index >= 15 is 0 Å². The number of anilines is 2. The molecule has 470 valence electrons. The largest absolute Gasteiger partial charge is 0.501 e. The molecule has 3 N–H and O–H groups in total. The molecule has 1 atom stereocenters. The molecule has 3 saturated carbocycles. The number of amides is 2. The number of piperazine rings is 2. The zero-order chi connectivity index (χ0) is 61.8. The Morgan fingerprint density at radius 3 is 2.20 bits per heavy atom. The Morgan fingerprint density at radius 2 is 1.54 bits per heavy atom. The number of benzene rings is 4. The fourth-order valence-electron chi connectivity index (χ4n) is 13.2. The molecule has 24 heteroatoms. The molecule has 11 rings (SSSR count). The smallest absolute Gasteiger partial charge is 0.493 e. The summed E-state index contributed by atoms with van der Waals surface area (Å²) in [5.74, 6) is -0.00845. The Kier molecular flexibility index (Phi) is 19.8. The van der Waals surface area contributed by atoms with E-state index in [2.05, 4.69) is 49.1 Å². The molecule has 5 aromatic rings. The van der Waals surface area contributed by atoms with Crippen LogP contribution in [-0.2, 0) is 31.2 Å². The second kappa shape index (κ2) is 26.8. The van der Waals surface area contributed by atoms with Gasteiger partial charge in [0.15, 0.2) is 0 Å². The first kappa shape index (κ1) is 64.4. The van der Waals surface area contributed by atoms with E-state index in [0.29, 0.717) is 82.4 Å². The van der Waals surface area contributed by atoms with Crippen molar-refractivity contribution in [1.29, 1.82) is 0 Å². The van der Waals surface area contributed by atoms with Crippen LogP contribution in [0.5, 0.6) is 5.75 Å². The summed E-state index contributed by atoms with van der Waals surface area (Å²) in [6, 6.07) is 23.5. The molecule has 0 radical (unpaired) electrons. The van der Waals surface area contributed by atoms with E-state index in [4.69, 9.17) is 4.74 Å². The zero-order valence-electron chi connectivity index (χ0n) is 49.3. The van der Waals surface area contributed by atoms with Gasteiger partial charge < -0.3 is 30.1 Å². The number of aryl methyl sites for hydroxylation is 1. The molecule has 6 aliphatic rings. The first-order chi connectivity index (χ1) is 41.4. The van der Waals surface area contributed by atoms with Crippen LogP contribution in [0, 0.1) is 23.2 Å². The molecule has 4 aliphatic carbocycles. The number of rotatable bonds is 27. The minimum atomic E-state index is -6.13. The number of thioether (sulfide) groups is 1. The van der Waals surface area contributed by atoms with Crippen LogP contribution in [-0.4, -0.2) is 151 Å². The summed E-state index contributed by atoms with van der Waals surface area (Å²) >= 11 is 3.00. The van der Waals surface area contributed by atoms with Gasteiger partial charge in [0.25, 0.3) is 25.8 Å². The summed E-state index contributed by atoms with van der Waals surface area (Å²) in [4.78, 5) is 38.0. The van der Waals surface area contributed by atoms with E-state index < -0.39 is 64.6 Å². The van der Waals surface area contributed by atoms with Crippen molar-refractivity contribution >= 4 is 66.7 Å². The summed E-state index contributed by atoms with van der Waals surface area (Å²) in [5, 5.41) is 5.78. The van der Waals surface area contributed by atoms with Crippen LogP contribution in [0.3, 0.4) is 0 Å². The van der Waals surface area contributed by atoms with E-state index in [1.165, 1.54) is 35.0 Å². The number of alkyl halides is 5. The van der Waals surface area contributed by atoms with Gasteiger partial charge in [0, 0.05) is 111 Å². The molecule has 5 fully saturated rings. The van der Waals surface area contributed by atoms with Crippen molar-refractivity contribution in [3.05, 3.63) is 124 Å². The summed E-state index contributed by atoms with van der Waals surface area (Å²) < 4.78 is 134. The Balaban J connectivity index is 0.733. The van der Waals surface area contributed by atoms with Crippen LogP contribution in [0.2, 0.25) is 0 Å². The number of sulfonamides is 1. The van der Waals surface area contributed by atoms with Crippen LogP contribution < -0.4 is 25.0 Å². The molecular weight excluding hydrogens is 1200 g/mol. The Labute approximate surface area is 515 Å². The molecule has 4 aromatic carbocycles. The van der Waals surface area contributed by atoms with Crippen LogP contribution >= 0.6 is 23.1 Å². The summed E-state index contributed by atoms with van der Waals surface area (Å²) in [6.45, 7) is 15.5. The number of unbranched alkanes of at least 4 members (excludes halogenated alkanes) is 1. The second-order valence-corrected chi connectivity index (χ2v) is 30.4. The van der Waals surface area contributed by atoms with Gasteiger partial charge in [-0.05, 0) is 148 Å². The molecule has 1 aromatic heterocycles. The van der Waals surface area contributed by atoms with Gasteiger partial charge in [0.1, 0.15) is 10.6 Å². The van der Waals surface area contributed by atoms with Crippen molar-refractivity contribution in [3.8, 4) is 16.2 Å². The highest BCUT2D eigenvalue weighted by Crippen LogP contribution is 2.79. The number of aromatic nitrogens is 1. The van der Waals surface area contributed by atoms with E-state index in [-0.39, 0.29) is 16.4 Å². The molecule has 0 spiro atoms. The van der Waals surface area contributed by atoms with Gasteiger partial charge in [0.05, 0.1) is 33.3 Å². The highest BCUT2D eigenvalue weighted by molar-refractivity contribution is 7.99. The van der Waals surface area contributed by atoms with Crippen molar-refractivity contribution in [2.45, 2.75) is 118 Å². The van der Waals surface area contributed by atoms with Crippen molar-refractivity contribution in [2.75, 3.05) is 94.6 Å². The van der Waals surface area contributed by atoms with Crippen LogP contribution in [0.15, 0.2) is 122 Å². The van der Waals surface area contributed by atoms with E-state index in [0.717, 1.165) is 129 Å². The number of allylic oxidation sites excluding steroid dienone is 1. The first-order valence-electron chi connectivity index (χ1n) is 29.8. The quantitative estimate of drug-likeness (QED) is 0.0149. The Bertz CT molecular complexity index is 3480. The average Bonchev–Trinajstić information content (AvgIpc) is 0.820. The van der Waals surface area contributed by atoms with Crippen LogP contribution in [0.4, 0.5) is 33.3 Å². The Morgan fingerprint density at radius 1 is 0.851 bits per heavy atom. The van der Waals surface area contributed by atoms with Crippen molar-refractivity contribution in [2.24, 2.45) is 16.2 Å². The number of thiazole rings is 1. The molecule has 2 amide bonds. The van der Waals surface area contributed by atoms with Crippen LogP contribution in [0.1, 0.15) is 93.3 Å². The predicted octanol–water partition coefficient (Wildman–Crippen LogP) is 11.3. The maximum Gasteiger partial charge on any atom is 0.501 e. The summed E-state index contributed by atoms with van der Waals surface area (Å²) in [6.07, 6.45) is 5.26. The second-order valence-electron chi connectivity index (χ2n) is 24.8. The minimum Gasteiger partial charge on any atom is -0.493 e. The van der Waals surface area contributed by atoms with Gasteiger partial charge in [-0.1, -0.05) is 55.3 Å². The SMILES string of the molecule is Cc1ncsc1-c1ccc(CNC=O)c(OCCCCN2CCN(CC[C@H](CSc3ccccc3)Nc3ccc(S(=O)(=O)NC(=O)c4ccc(N5CCN(CC6=C(C78CC(C(F)F)(C7)C8)CC(C)(C)CC6)CC5)cc4)cc3S(=O)(=O)C(F)(F)F)CC2)c1. The van der Waals surface area contributed by atoms with Crippen molar-refractivity contribution < 1.29 is 53.1 Å². The summed E-state index contributed by atoms with van der Waals surface area (Å²) in [7, 11) is -11.0. The van der Waals surface area contributed by atoms with Gasteiger partial charge in [-0.2, -0.15) is 13.2 Å². The van der Waals surface area contributed by atoms with Crippen LogP contribution in [0.25, 0.3) is 10.4 Å². The van der Waals surface area contributed by atoms with Gasteiger partial charge in [-0.3, -0.25) is 14.5 Å². The molecular formula is C63H77F5N8O7S4. The number of carbonyl (C=O) groups excluding carboxylic acids is 2. The predicted molar refractivity (Wildman–Crippen MR) is 331 cm³/mol. The normalized spacial score (nSPS) is 21.5. The van der Waals surface area contributed by atoms with E-state index in [1.54, 1.807) is 23.5 Å². The number of carbonyl (C=O) groups is 2. The lowest BCUT2D eigenvalue weighted by atomic mass is 9.32. The van der Waals surface area contributed by atoms with Gasteiger partial charge in [-0.25, -0.2) is 35.3 Å². The molecule has 2 bridgehead atoms. The number of halogens is 5. The van der Waals surface area contributed by atoms with Crippen molar-refractivity contribution in [1.82, 2.24) is 29.7 Å². The van der Waals surface area contributed by atoms with Gasteiger partial charge in [-0.15, -0.1) is 23.1 Å². The number of nitrogens with one attached hydrogen (secondary N) is 3. The van der Waals surface area contributed by atoms with Gasteiger partial charge in [0.2, 0.25) is 12.8 Å². The molecule has 3 heterocycles. The summed E-state index contributed by atoms with van der Waals surface area (Å²) in [5.41, 5.74) is 1.31. The van der Waals surface area contributed by atoms with Gasteiger partial charge >= 0.3 is 5.51 Å². The lowest BCUT2D eigenvalue weighted by molar-refractivity contribution is -0.250. The third-order valence-electron chi connectivity index (χ3n) is 18.1. The lowest BCUT2D eigenvalue weighted by Gasteiger charge is -2.72. The fourth-order valence-corrected chi connectivity index (χ4v) is 17.0. The zero-order valence-corrected chi connectivity index (χ0v) is 52.6. The molecule has 0 unspecified atom stereocenters. The standard InChI is InChI=1S/C63H77F5N8O7S4/c1-44-57(85-43-70-44)46-11-12-47(36-69-42-77)55(33-46)83-32-8-7-22-73-24-26-74(27-25-73)23-20-49(38-84-51-9-5-4-6-10-51)71-54-18-17-52(34-56(54)86(79,80)63(66,67)68)87(81,82)72-58(78)45-13-15-50(16-14-45)76-30-28-75(29-31-76)37-48-19-21-60(2,3)35-53(48)61-39-62(40-61,41-61)59(64)65/h4-6,9-18,33-34,42-43,49,59,71H,7-8,19-32,35-41H2,1-3H3,(H,69,77)(H,72,78)/t49-,61?,62?/m1/s1. The van der Waals surface area contributed by atoms with Crippen molar-refractivity contribution in [3.63, 3.8) is 0 Å². The average molecular weight is 1280 g/mol. The lowest BCUT2D eigenvalue weighted by Crippen LogP contribution is -2.66. The number of hydrogen-bond donors (Lipinski definition) is 3. The molecule has 15 nitrogen and oxygen atoms in total. The highest BCUT2D eigenvalue weighted by Gasteiger charge is 2.73. The number of sulfone groups is 1. The number of ether oxygens (including phenoxy) is 1. The fraction of sp³-hybridized carbons (Fsp3) is 0.508. The van der Waals surface area contributed by atoms with E-state index in [9.17, 15) is 48.4 Å². The molecule has 2 saturated heterocycles. The first-order valence-corrected chi connectivity index (χ1v) is 34.6. The third kappa shape index (κ3) is 15.0. The number of hydrogen-bond acceptors (Lipinski definition) is 15. The Hall–Kier alpha value is -5.63. The third-order valence-corrected chi connectivity index (χ3v) is 23.1. The number of nitrogens with zero attached hydrogens (tertiary/aromatic N) is 5. The topological polar surface area (TPSA) is 174 Å².